The van der Waals surface area contributed by atoms with Crippen molar-refractivity contribution in [3.63, 3.8) is 0 Å². The lowest BCUT2D eigenvalue weighted by Crippen LogP contribution is -2.25. The topological polar surface area (TPSA) is 87.6 Å². The Labute approximate surface area is 111 Å². The minimum atomic E-state index is 0.379. The zero-order chi connectivity index (χ0) is 13.7. The van der Waals surface area contributed by atoms with Crippen molar-refractivity contribution in [2.75, 3.05) is 6.54 Å². The summed E-state index contributed by atoms with van der Waals surface area (Å²) in [6, 6.07) is 5.81. The number of rotatable bonds is 5. The highest BCUT2D eigenvalue weighted by atomic mass is 16.4. The Kier molecular flexibility index (Phi) is 4.21. The molecule has 0 atom stereocenters. The van der Waals surface area contributed by atoms with E-state index in [0.717, 1.165) is 6.54 Å². The van der Waals surface area contributed by atoms with Crippen molar-refractivity contribution in [3.8, 4) is 17.7 Å². The number of hydrogen-bond acceptors (Lipinski definition) is 6. The summed E-state index contributed by atoms with van der Waals surface area (Å²) in [4.78, 5) is 4.11. The standard InChI is InChI=1S/C13H15N5O/c1-9(2)15-6-5-12-17-18-13(19-12)11-4-3-10(7-14)8-16-11/h3-4,8-9,15H,5-6H2,1-2H3. The lowest BCUT2D eigenvalue weighted by Gasteiger charge is -2.04. The normalized spacial score (nSPS) is 10.6. The SMILES string of the molecule is CC(C)NCCc1nnc(-c2ccc(C#N)cn2)o1. The van der Waals surface area contributed by atoms with Gasteiger partial charge in [0, 0.05) is 25.2 Å². The molecule has 0 radical (unpaired) electrons. The van der Waals surface area contributed by atoms with E-state index in [4.69, 9.17) is 9.68 Å². The van der Waals surface area contributed by atoms with Gasteiger partial charge in [-0.2, -0.15) is 5.26 Å². The fourth-order valence-corrected chi connectivity index (χ4v) is 1.51. The maximum absolute atomic E-state index is 8.70. The molecule has 2 rings (SSSR count). The fraction of sp³-hybridized carbons (Fsp3) is 0.385. The van der Waals surface area contributed by atoms with Crippen molar-refractivity contribution in [2.45, 2.75) is 26.3 Å². The van der Waals surface area contributed by atoms with Crippen molar-refractivity contribution in [3.05, 3.63) is 29.8 Å². The second-order valence-corrected chi connectivity index (χ2v) is 4.40. The molecule has 0 aliphatic rings. The van der Waals surface area contributed by atoms with Gasteiger partial charge in [0.1, 0.15) is 11.8 Å². The summed E-state index contributed by atoms with van der Waals surface area (Å²) >= 11 is 0. The van der Waals surface area contributed by atoms with Gasteiger partial charge in [0.25, 0.3) is 5.89 Å². The molecular formula is C13H15N5O. The predicted octanol–water partition coefficient (Wildman–Crippen LogP) is 1.54. The molecule has 0 amide bonds. The van der Waals surface area contributed by atoms with Crippen molar-refractivity contribution in [2.24, 2.45) is 0 Å². The summed E-state index contributed by atoms with van der Waals surface area (Å²) in [6.45, 7) is 4.96. The molecule has 2 heterocycles. The van der Waals surface area contributed by atoms with Gasteiger partial charge in [0.05, 0.1) is 5.56 Å². The van der Waals surface area contributed by atoms with Crippen LogP contribution in [0.1, 0.15) is 25.3 Å². The van der Waals surface area contributed by atoms with Crippen LogP contribution in [-0.4, -0.2) is 27.8 Å². The molecular weight excluding hydrogens is 242 g/mol. The molecule has 0 spiro atoms. The smallest absolute Gasteiger partial charge is 0.266 e. The maximum atomic E-state index is 8.70. The Balaban J connectivity index is 2.01. The van der Waals surface area contributed by atoms with Gasteiger partial charge in [0.15, 0.2) is 0 Å². The minimum Gasteiger partial charge on any atom is -0.419 e. The van der Waals surface area contributed by atoms with Crippen LogP contribution in [0.3, 0.4) is 0 Å². The number of pyridine rings is 1. The third-order valence-electron chi connectivity index (χ3n) is 2.47. The van der Waals surface area contributed by atoms with Gasteiger partial charge in [-0.05, 0) is 12.1 Å². The first-order chi connectivity index (χ1) is 9.19. The first kappa shape index (κ1) is 13.2. The van der Waals surface area contributed by atoms with Crippen LogP contribution in [-0.2, 0) is 6.42 Å². The lowest BCUT2D eigenvalue weighted by atomic mass is 10.3. The van der Waals surface area contributed by atoms with Crippen LogP contribution >= 0.6 is 0 Å². The van der Waals surface area contributed by atoms with E-state index in [2.05, 4.69) is 34.3 Å². The molecule has 2 aromatic heterocycles. The third kappa shape index (κ3) is 3.60. The van der Waals surface area contributed by atoms with Crippen LogP contribution in [0.25, 0.3) is 11.6 Å². The molecule has 2 aromatic rings. The average Bonchev–Trinajstić information content (AvgIpc) is 2.87. The molecule has 0 aromatic carbocycles. The van der Waals surface area contributed by atoms with E-state index in [1.165, 1.54) is 6.20 Å². The molecule has 0 fully saturated rings. The largest absolute Gasteiger partial charge is 0.419 e. The molecule has 0 saturated heterocycles. The molecule has 0 bridgehead atoms. The Morgan fingerprint density at radius 1 is 1.37 bits per heavy atom. The summed E-state index contributed by atoms with van der Waals surface area (Å²) in [5.41, 5.74) is 1.08. The zero-order valence-corrected chi connectivity index (χ0v) is 10.9. The van der Waals surface area contributed by atoms with Crippen molar-refractivity contribution in [1.29, 1.82) is 5.26 Å². The Hall–Kier alpha value is -2.26. The van der Waals surface area contributed by atoms with Gasteiger partial charge < -0.3 is 9.73 Å². The van der Waals surface area contributed by atoms with E-state index >= 15 is 0 Å². The molecule has 6 heteroatoms. The van der Waals surface area contributed by atoms with Gasteiger partial charge in [0.2, 0.25) is 5.89 Å². The Morgan fingerprint density at radius 2 is 2.21 bits per heavy atom. The highest BCUT2D eigenvalue weighted by Crippen LogP contribution is 2.15. The molecule has 6 nitrogen and oxygen atoms in total. The highest BCUT2D eigenvalue weighted by molar-refractivity contribution is 5.47. The minimum absolute atomic E-state index is 0.379. The summed E-state index contributed by atoms with van der Waals surface area (Å²) in [5, 5.41) is 19.9. The van der Waals surface area contributed by atoms with Crippen LogP contribution in [0, 0.1) is 11.3 Å². The number of nitrogens with zero attached hydrogens (tertiary/aromatic N) is 4. The summed E-state index contributed by atoms with van der Waals surface area (Å²) in [7, 11) is 0. The molecule has 0 saturated carbocycles. The van der Waals surface area contributed by atoms with E-state index in [1.807, 2.05) is 6.07 Å². The number of nitrogens with one attached hydrogen (secondary N) is 1. The van der Waals surface area contributed by atoms with Gasteiger partial charge in [-0.25, -0.2) is 4.98 Å². The molecule has 0 unspecified atom stereocenters. The molecule has 0 aliphatic carbocycles. The van der Waals surface area contributed by atoms with Crippen molar-refractivity contribution < 1.29 is 4.42 Å². The number of aromatic nitrogens is 3. The van der Waals surface area contributed by atoms with E-state index in [-0.39, 0.29) is 0 Å². The Bertz CT molecular complexity index is 567. The third-order valence-corrected chi connectivity index (χ3v) is 2.47. The highest BCUT2D eigenvalue weighted by Gasteiger charge is 2.09. The second kappa shape index (κ2) is 6.07. The molecule has 1 N–H and O–H groups in total. The summed E-state index contributed by atoms with van der Waals surface area (Å²) in [6.07, 6.45) is 2.17. The van der Waals surface area contributed by atoms with Crippen molar-refractivity contribution in [1.82, 2.24) is 20.5 Å². The summed E-state index contributed by atoms with van der Waals surface area (Å²) in [5.74, 6) is 0.957. The quantitative estimate of drug-likeness (QED) is 0.874. The lowest BCUT2D eigenvalue weighted by molar-refractivity contribution is 0.483. The van der Waals surface area contributed by atoms with E-state index in [0.29, 0.717) is 35.5 Å². The molecule has 19 heavy (non-hydrogen) atoms. The van der Waals surface area contributed by atoms with Gasteiger partial charge in [-0.3, -0.25) is 0 Å². The maximum Gasteiger partial charge on any atom is 0.266 e. The van der Waals surface area contributed by atoms with Gasteiger partial charge >= 0.3 is 0 Å². The van der Waals surface area contributed by atoms with Gasteiger partial charge in [-0.15, -0.1) is 10.2 Å². The average molecular weight is 257 g/mol. The molecule has 0 aliphatic heterocycles. The van der Waals surface area contributed by atoms with Crippen LogP contribution in [0.4, 0.5) is 0 Å². The van der Waals surface area contributed by atoms with Crippen LogP contribution in [0.2, 0.25) is 0 Å². The monoisotopic (exact) mass is 257 g/mol. The van der Waals surface area contributed by atoms with E-state index in [1.54, 1.807) is 12.1 Å². The van der Waals surface area contributed by atoms with Crippen LogP contribution in [0.5, 0.6) is 0 Å². The van der Waals surface area contributed by atoms with Crippen LogP contribution < -0.4 is 5.32 Å². The van der Waals surface area contributed by atoms with Crippen molar-refractivity contribution >= 4 is 0 Å². The number of nitriles is 1. The molecule has 98 valence electrons. The first-order valence-corrected chi connectivity index (χ1v) is 6.11. The van der Waals surface area contributed by atoms with E-state index in [9.17, 15) is 0 Å². The van der Waals surface area contributed by atoms with Crippen LogP contribution in [0.15, 0.2) is 22.7 Å². The number of hydrogen-bond donors (Lipinski definition) is 1. The second-order valence-electron chi connectivity index (χ2n) is 4.40. The van der Waals surface area contributed by atoms with Gasteiger partial charge in [-0.1, -0.05) is 13.8 Å². The summed E-state index contributed by atoms with van der Waals surface area (Å²) < 4.78 is 5.52. The predicted molar refractivity (Wildman–Crippen MR) is 69.1 cm³/mol. The zero-order valence-electron chi connectivity index (χ0n) is 10.9. The fourth-order valence-electron chi connectivity index (χ4n) is 1.51. The van der Waals surface area contributed by atoms with E-state index < -0.39 is 0 Å². The Morgan fingerprint density at radius 3 is 2.84 bits per heavy atom. The first-order valence-electron chi connectivity index (χ1n) is 6.11.